The van der Waals surface area contributed by atoms with Crippen molar-refractivity contribution in [3.05, 3.63) is 21.0 Å². The number of hydrogen-bond acceptors (Lipinski definition) is 4. The van der Waals surface area contributed by atoms with E-state index in [9.17, 15) is 4.79 Å². The average Bonchev–Trinajstić information content (AvgIpc) is 2.69. The fourth-order valence-electron chi connectivity index (χ4n) is 2.23. The molecule has 106 valence electrons. The van der Waals surface area contributed by atoms with E-state index in [1.165, 1.54) is 0 Å². The molecule has 1 fully saturated rings. The van der Waals surface area contributed by atoms with Crippen molar-refractivity contribution in [2.24, 2.45) is 0 Å². The first-order valence-electron chi connectivity index (χ1n) is 6.95. The lowest BCUT2D eigenvalue weighted by atomic mass is 10.3. The van der Waals surface area contributed by atoms with Crippen LogP contribution in [0, 0.1) is 0 Å². The van der Waals surface area contributed by atoms with Crippen LogP contribution in [0.4, 0.5) is 5.69 Å². The van der Waals surface area contributed by atoms with E-state index in [4.69, 9.17) is 0 Å². The predicted molar refractivity (Wildman–Crippen MR) is 80.8 cm³/mol. The second kappa shape index (κ2) is 7.05. The van der Waals surface area contributed by atoms with E-state index < -0.39 is 0 Å². The smallest absolute Gasteiger partial charge is 0.283 e. The molecule has 0 aromatic carbocycles. The maximum atomic E-state index is 12.2. The van der Waals surface area contributed by atoms with Crippen molar-refractivity contribution in [3.63, 3.8) is 0 Å². The third-order valence-electron chi connectivity index (χ3n) is 3.37. The van der Waals surface area contributed by atoms with Gasteiger partial charge in [0.25, 0.3) is 5.56 Å². The number of anilines is 1. The zero-order valence-electron chi connectivity index (χ0n) is 11.4. The summed E-state index contributed by atoms with van der Waals surface area (Å²) in [6, 6.07) is 0. The Morgan fingerprint density at radius 3 is 3.05 bits per heavy atom. The quantitative estimate of drug-likeness (QED) is 0.912. The zero-order valence-corrected chi connectivity index (χ0v) is 12.9. The molecule has 1 aromatic rings. The van der Waals surface area contributed by atoms with Crippen LogP contribution >= 0.6 is 15.9 Å². The van der Waals surface area contributed by atoms with Gasteiger partial charge in [0, 0.05) is 26.2 Å². The van der Waals surface area contributed by atoms with Crippen LogP contribution in [0.1, 0.15) is 26.2 Å². The van der Waals surface area contributed by atoms with Crippen molar-refractivity contribution in [1.29, 1.82) is 0 Å². The first-order chi connectivity index (χ1) is 9.24. The summed E-state index contributed by atoms with van der Waals surface area (Å²) < 4.78 is 2.19. The van der Waals surface area contributed by atoms with Crippen LogP contribution in [0.15, 0.2) is 15.5 Å². The molecule has 0 amide bonds. The minimum atomic E-state index is -0.0249. The molecular formula is C13H21BrN4O. The van der Waals surface area contributed by atoms with E-state index in [1.54, 1.807) is 4.68 Å². The number of aryl methyl sites for hydroxylation is 1. The molecule has 0 atom stereocenters. The summed E-state index contributed by atoms with van der Waals surface area (Å²) in [6.07, 6.45) is 4.94. The molecule has 6 heteroatoms. The highest BCUT2D eigenvalue weighted by atomic mass is 79.9. The molecule has 1 aromatic heterocycles. The van der Waals surface area contributed by atoms with Crippen molar-refractivity contribution in [2.45, 2.75) is 32.7 Å². The average molecular weight is 329 g/mol. The van der Waals surface area contributed by atoms with Gasteiger partial charge >= 0.3 is 0 Å². The Balaban J connectivity index is 2.22. The van der Waals surface area contributed by atoms with Crippen molar-refractivity contribution < 1.29 is 0 Å². The Kier molecular flexibility index (Phi) is 5.39. The fraction of sp³-hybridized carbons (Fsp3) is 0.692. The topological polar surface area (TPSA) is 50.2 Å². The summed E-state index contributed by atoms with van der Waals surface area (Å²) in [5.74, 6) is 0. The third kappa shape index (κ3) is 3.57. The molecule has 1 aliphatic heterocycles. The Morgan fingerprint density at radius 1 is 1.42 bits per heavy atom. The van der Waals surface area contributed by atoms with Gasteiger partial charge in [-0.25, -0.2) is 4.68 Å². The highest BCUT2D eigenvalue weighted by Gasteiger charge is 2.16. The first kappa shape index (κ1) is 14.5. The van der Waals surface area contributed by atoms with E-state index in [-0.39, 0.29) is 5.56 Å². The molecule has 2 heterocycles. The maximum Gasteiger partial charge on any atom is 0.283 e. The Hall–Kier alpha value is -0.880. The Labute approximate surface area is 122 Å². The molecule has 19 heavy (non-hydrogen) atoms. The molecule has 0 bridgehead atoms. The number of halogens is 1. The molecule has 0 aliphatic carbocycles. The van der Waals surface area contributed by atoms with E-state index in [0.29, 0.717) is 11.0 Å². The van der Waals surface area contributed by atoms with E-state index in [2.05, 4.69) is 38.2 Å². The molecule has 0 radical (unpaired) electrons. The Bertz CT molecular complexity index is 466. The van der Waals surface area contributed by atoms with Crippen LogP contribution in [0.25, 0.3) is 0 Å². The van der Waals surface area contributed by atoms with Gasteiger partial charge in [0.05, 0.1) is 11.9 Å². The van der Waals surface area contributed by atoms with Crippen molar-refractivity contribution >= 4 is 21.6 Å². The lowest BCUT2D eigenvalue weighted by molar-refractivity contribution is 0.539. The molecular weight excluding hydrogens is 308 g/mol. The van der Waals surface area contributed by atoms with Gasteiger partial charge in [-0.3, -0.25) is 4.79 Å². The summed E-state index contributed by atoms with van der Waals surface area (Å²) in [6.45, 7) is 6.67. The molecule has 0 saturated carbocycles. The summed E-state index contributed by atoms with van der Waals surface area (Å²) in [4.78, 5) is 14.5. The molecule has 1 aliphatic rings. The number of aromatic nitrogens is 2. The standard InChI is InChI=1S/C13H21BrN4O/c1-2-3-8-18-13(19)12(14)11(10-16-18)17-7-4-5-15-6-9-17/h10,15H,2-9H2,1H3. The predicted octanol–water partition coefficient (Wildman–Crippen LogP) is 1.61. The summed E-state index contributed by atoms with van der Waals surface area (Å²) in [5, 5.41) is 7.65. The second-order valence-corrected chi connectivity index (χ2v) is 5.61. The summed E-state index contributed by atoms with van der Waals surface area (Å²) in [5.41, 5.74) is 0.893. The number of nitrogens with one attached hydrogen (secondary N) is 1. The molecule has 2 rings (SSSR count). The SMILES string of the molecule is CCCCn1ncc(N2CCCNCC2)c(Br)c1=O. The zero-order chi connectivity index (χ0) is 13.7. The monoisotopic (exact) mass is 328 g/mol. The van der Waals surface area contributed by atoms with E-state index in [0.717, 1.165) is 51.1 Å². The number of unbranched alkanes of at least 4 members (excludes halogenated alkanes) is 1. The minimum Gasteiger partial charge on any atom is -0.368 e. The van der Waals surface area contributed by atoms with Crippen LogP contribution < -0.4 is 15.8 Å². The van der Waals surface area contributed by atoms with Crippen LogP contribution in [-0.4, -0.2) is 36.0 Å². The van der Waals surface area contributed by atoms with Crippen molar-refractivity contribution in [1.82, 2.24) is 15.1 Å². The van der Waals surface area contributed by atoms with Crippen LogP contribution in [0.5, 0.6) is 0 Å². The number of hydrogen-bond donors (Lipinski definition) is 1. The van der Waals surface area contributed by atoms with Gasteiger partial charge in [0.2, 0.25) is 0 Å². The molecule has 0 unspecified atom stereocenters. The van der Waals surface area contributed by atoms with Gasteiger partial charge in [-0.05, 0) is 35.3 Å². The van der Waals surface area contributed by atoms with E-state index in [1.807, 2.05) is 6.20 Å². The fourth-order valence-corrected chi connectivity index (χ4v) is 2.79. The largest absolute Gasteiger partial charge is 0.368 e. The minimum absolute atomic E-state index is 0.0249. The van der Waals surface area contributed by atoms with Crippen LogP contribution in [-0.2, 0) is 6.54 Å². The highest BCUT2D eigenvalue weighted by Crippen LogP contribution is 2.22. The van der Waals surface area contributed by atoms with Crippen LogP contribution in [0.2, 0.25) is 0 Å². The number of nitrogens with zero attached hydrogens (tertiary/aromatic N) is 3. The third-order valence-corrected chi connectivity index (χ3v) is 4.12. The molecule has 0 spiro atoms. The molecule has 5 nitrogen and oxygen atoms in total. The van der Waals surface area contributed by atoms with Gasteiger partial charge in [-0.2, -0.15) is 5.10 Å². The summed E-state index contributed by atoms with van der Waals surface area (Å²) in [7, 11) is 0. The normalized spacial score (nSPS) is 16.4. The van der Waals surface area contributed by atoms with Gasteiger partial charge in [0.1, 0.15) is 4.47 Å². The first-order valence-corrected chi connectivity index (χ1v) is 7.74. The second-order valence-electron chi connectivity index (χ2n) is 4.82. The van der Waals surface area contributed by atoms with Gasteiger partial charge in [-0.15, -0.1) is 0 Å². The Morgan fingerprint density at radius 2 is 2.26 bits per heavy atom. The van der Waals surface area contributed by atoms with Crippen LogP contribution in [0.3, 0.4) is 0 Å². The van der Waals surface area contributed by atoms with Gasteiger partial charge in [0.15, 0.2) is 0 Å². The number of rotatable bonds is 4. The van der Waals surface area contributed by atoms with E-state index >= 15 is 0 Å². The van der Waals surface area contributed by atoms with Crippen molar-refractivity contribution in [3.8, 4) is 0 Å². The lowest BCUT2D eigenvalue weighted by Crippen LogP contribution is -2.32. The molecule has 1 N–H and O–H groups in total. The summed E-state index contributed by atoms with van der Waals surface area (Å²) >= 11 is 3.45. The lowest BCUT2D eigenvalue weighted by Gasteiger charge is -2.23. The van der Waals surface area contributed by atoms with Gasteiger partial charge < -0.3 is 10.2 Å². The maximum absolute atomic E-state index is 12.2. The van der Waals surface area contributed by atoms with Crippen molar-refractivity contribution in [2.75, 3.05) is 31.1 Å². The highest BCUT2D eigenvalue weighted by molar-refractivity contribution is 9.10. The van der Waals surface area contributed by atoms with Gasteiger partial charge in [-0.1, -0.05) is 13.3 Å². The molecule has 1 saturated heterocycles.